The van der Waals surface area contributed by atoms with E-state index in [2.05, 4.69) is 0 Å². The van der Waals surface area contributed by atoms with Crippen molar-refractivity contribution < 1.29 is 9.53 Å². The Kier molecular flexibility index (Phi) is 3.64. The second kappa shape index (κ2) is 5.26. The van der Waals surface area contributed by atoms with E-state index >= 15 is 0 Å². The highest BCUT2D eigenvalue weighted by molar-refractivity contribution is 6.30. The summed E-state index contributed by atoms with van der Waals surface area (Å²) < 4.78 is 6.00. The van der Waals surface area contributed by atoms with Crippen molar-refractivity contribution >= 4 is 17.4 Å². The maximum atomic E-state index is 12.0. The van der Waals surface area contributed by atoms with Crippen LogP contribution in [-0.2, 0) is 16.1 Å². The van der Waals surface area contributed by atoms with Crippen LogP contribution in [-0.4, -0.2) is 11.9 Å². The van der Waals surface area contributed by atoms with Crippen molar-refractivity contribution in [3.8, 4) is 0 Å². The van der Waals surface area contributed by atoms with Crippen LogP contribution in [0.3, 0.4) is 0 Å². The molecule has 1 atom stereocenters. The van der Waals surface area contributed by atoms with Crippen LogP contribution >= 0.6 is 11.6 Å². The van der Waals surface area contributed by atoms with Gasteiger partial charge in [-0.25, -0.2) is 0 Å². The first-order valence-electron chi connectivity index (χ1n) is 7.10. The summed E-state index contributed by atoms with van der Waals surface area (Å²) in [5.74, 6) is 0.424. The predicted octanol–water partition coefficient (Wildman–Crippen LogP) is 4.15. The number of Topliss-reactive ketones (excluding diaryl/α,β-unsaturated/α-hetero) is 1. The van der Waals surface area contributed by atoms with Gasteiger partial charge in [0.15, 0.2) is 0 Å². The van der Waals surface area contributed by atoms with Crippen LogP contribution in [0.1, 0.15) is 44.1 Å². The highest BCUT2D eigenvalue weighted by Gasteiger charge is 2.55. The van der Waals surface area contributed by atoms with Crippen molar-refractivity contribution in [1.29, 1.82) is 0 Å². The molecule has 0 bridgehead atoms. The molecule has 3 rings (SSSR count). The molecule has 1 unspecified atom stereocenters. The third kappa shape index (κ3) is 2.44. The standard InChI is InChI=1S/C16H19ClO2/c17-13-6-4-12(5-7-13)11-19-15-10-14(18)16(15)8-2-1-3-9-16/h4-7,15H,1-3,8-11H2. The van der Waals surface area contributed by atoms with E-state index in [1.165, 1.54) is 19.3 Å². The topological polar surface area (TPSA) is 26.3 Å². The number of carbonyl (C=O) groups is 1. The van der Waals surface area contributed by atoms with E-state index in [0.717, 1.165) is 23.4 Å². The first kappa shape index (κ1) is 13.1. The Hall–Kier alpha value is -0.860. The quantitative estimate of drug-likeness (QED) is 0.830. The maximum Gasteiger partial charge on any atom is 0.144 e. The van der Waals surface area contributed by atoms with Gasteiger partial charge in [-0.05, 0) is 30.5 Å². The van der Waals surface area contributed by atoms with E-state index in [9.17, 15) is 4.79 Å². The van der Waals surface area contributed by atoms with Crippen molar-refractivity contribution in [3.05, 3.63) is 34.9 Å². The van der Waals surface area contributed by atoms with Gasteiger partial charge in [-0.3, -0.25) is 4.79 Å². The van der Waals surface area contributed by atoms with E-state index in [1.807, 2.05) is 24.3 Å². The zero-order chi connectivity index (χ0) is 13.3. The molecule has 0 aromatic heterocycles. The van der Waals surface area contributed by atoms with Crippen LogP contribution in [0, 0.1) is 5.41 Å². The molecule has 2 saturated carbocycles. The molecule has 1 aromatic rings. The molecule has 0 heterocycles. The van der Waals surface area contributed by atoms with Gasteiger partial charge in [0.05, 0.1) is 18.1 Å². The van der Waals surface area contributed by atoms with Gasteiger partial charge in [-0.2, -0.15) is 0 Å². The second-order valence-electron chi connectivity index (χ2n) is 5.77. The minimum absolute atomic E-state index is 0.134. The summed E-state index contributed by atoms with van der Waals surface area (Å²) in [6, 6.07) is 7.72. The van der Waals surface area contributed by atoms with E-state index < -0.39 is 0 Å². The Morgan fingerprint density at radius 3 is 2.47 bits per heavy atom. The summed E-state index contributed by atoms with van der Waals surface area (Å²) >= 11 is 5.86. The summed E-state index contributed by atoms with van der Waals surface area (Å²) in [7, 11) is 0. The zero-order valence-corrected chi connectivity index (χ0v) is 11.8. The predicted molar refractivity (Wildman–Crippen MR) is 75.2 cm³/mol. The molecule has 0 radical (unpaired) electrons. The van der Waals surface area contributed by atoms with Crippen LogP contribution in [0.4, 0.5) is 0 Å². The first-order valence-corrected chi connectivity index (χ1v) is 7.48. The van der Waals surface area contributed by atoms with E-state index in [0.29, 0.717) is 18.8 Å². The molecule has 2 fully saturated rings. The molecule has 1 aromatic carbocycles. The molecular formula is C16H19ClO2. The minimum Gasteiger partial charge on any atom is -0.372 e. The number of ether oxygens (including phenoxy) is 1. The molecule has 0 saturated heterocycles. The smallest absolute Gasteiger partial charge is 0.144 e. The lowest BCUT2D eigenvalue weighted by Crippen LogP contribution is -2.56. The summed E-state index contributed by atoms with van der Waals surface area (Å²) in [5.41, 5.74) is 0.986. The molecule has 2 aliphatic rings. The molecule has 19 heavy (non-hydrogen) atoms. The SMILES string of the molecule is O=C1CC(OCc2ccc(Cl)cc2)C12CCCCC2. The number of ketones is 1. The molecule has 2 aliphatic carbocycles. The molecular weight excluding hydrogens is 260 g/mol. The monoisotopic (exact) mass is 278 g/mol. The van der Waals surface area contributed by atoms with Gasteiger partial charge in [-0.1, -0.05) is 43.0 Å². The molecule has 0 amide bonds. The zero-order valence-electron chi connectivity index (χ0n) is 11.0. The summed E-state index contributed by atoms with van der Waals surface area (Å²) in [6.07, 6.45) is 6.40. The number of hydrogen-bond acceptors (Lipinski definition) is 2. The van der Waals surface area contributed by atoms with Gasteiger partial charge in [0, 0.05) is 11.4 Å². The van der Waals surface area contributed by atoms with Crippen molar-refractivity contribution in [3.63, 3.8) is 0 Å². The van der Waals surface area contributed by atoms with Crippen LogP contribution in [0.25, 0.3) is 0 Å². The number of rotatable bonds is 3. The molecule has 2 nitrogen and oxygen atoms in total. The summed E-state index contributed by atoms with van der Waals surface area (Å²) in [4.78, 5) is 12.0. The molecule has 0 aliphatic heterocycles. The Morgan fingerprint density at radius 1 is 1.16 bits per heavy atom. The third-order valence-electron chi connectivity index (χ3n) is 4.65. The second-order valence-corrected chi connectivity index (χ2v) is 6.21. The van der Waals surface area contributed by atoms with Crippen LogP contribution in [0.2, 0.25) is 5.02 Å². The van der Waals surface area contributed by atoms with E-state index in [4.69, 9.17) is 16.3 Å². The average molecular weight is 279 g/mol. The first-order chi connectivity index (χ1) is 9.21. The van der Waals surface area contributed by atoms with Crippen LogP contribution in [0.5, 0.6) is 0 Å². The minimum atomic E-state index is -0.134. The van der Waals surface area contributed by atoms with Crippen molar-refractivity contribution in [2.24, 2.45) is 5.41 Å². The van der Waals surface area contributed by atoms with Gasteiger partial charge in [0.25, 0.3) is 0 Å². The van der Waals surface area contributed by atoms with Gasteiger partial charge < -0.3 is 4.74 Å². The third-order valence-corrected chi connectivity index (χ3v) is 4.90. The van der Waals surface area contributed by atoms with Crippen molar-refractivity contribution in [2.75, 3.05) is 0 Å². The molecule has 102 valence electrons. The van der Waals surface area contributed by atoms with Crippen molar-refractivity contribution in [2.45, 2.75) is 51.2 Å². The highest BCUT2D eigenvalue weighted by Crippen LogP contribution is 2.50. The Balaban J connectivity index is 1.61. The highest BCUT2D eigenvalue weighted by atomic mass is 35.5. The average Bonchev–Trinajstić information content (AvgIpc) is 2.46. The normalized spacial score (nSPS) is 25.3. The Bertz CT molecular complexity index is 460. The van der Waals surface area contributed by atoms with Gasteiger partial charge in [-0.15, -0.1) is 0 Å². The molecule has 0 N–H and O–H groups in total. The van der Waals surface area contributed by atoms with Crippen LogP contribution < -0.4 is 0 Å². The van der Waals surface area contributed by atoms with Gasteiger partial charge in [0.2, 0.25) is 0 Å². The fourth-order valence-electron chi connectivity index (χ4n) is 3.39. The number of hydrogen-bond donors (Lipinski definition) is 0. The van der Waals surface area contributed by atoms with E-state index in [-0.39, 0.29) is 11.5 Å². The lowest BCUT2D eigenvalue weighted by molar-refractivity contribution is -0.171. The maximum absolute atomic E-state index is 12.0. The van der Waals surface area contributed by atoms with Crippen LogP contribution in [0.15, 0.2) is 24.3 Å². The van der Waals surface area contributed by atoms with Crippen molar-refractivity contribution in [1.82, 2.24) is 0 Å². The van der Waals surface area contributed by atoms with Gasteiger partial charge >= 0.3 is 0 Å². The summed E-state index contributed by atoms with van der Waals surface area (Å²) in [5, 5.41) is 0.742. The molecule has 3 heteroatoms. The largest absolute Gasteiger partial charge is 0.372 e. The van der Waals surface area contributed by atoms with Gasteiger partial charge in [0.1, 0.15) is 5.78 Å². The lowest BCUT2D eigenvalue weighted by Gasteiger charge is -2.49. The van der Waals surface area contributed by atoms with E-state index in [1.54, 1.807) is 0 Å². The Labute approximate surface area is 119 Å². The fraction of sp³-hybridized carbons (Fsp3) is 0.562. The summed E-state index contributed by atoms with van der Waals surface area (Å²) in [6.45, 7) is 0.580. The number of carbonyl (C=O) groups excluding carboxylic acids is 1. The Morgan fingerprint density at radius 2 is 1.84 bits per heavy atom. The lowest BCUT2D eigenvalue weighted by atomic mass is 9.57. The molecule has 1 spiro atoms. The number of halogens is 1. The fourth-order valence-corrected chi connectivity index (χ4v) is 3.52. The number of benzene rings is 1.